The van der Waals surface area contributed by atoms with Crippen LogP contribution in [0.2, 0.25) is 0 Å². The summed E-state index contributed by atoms with van der Waals surface area (Å²) in [7, 11) is 0. The molecule has 0 radical (unpaired) electrons. The summed E-state index contributed by atoms with van der Waals surface area (Å²) >= 11 is 0. The van der Waals surface area contributed by atoms with Gasteiger partial charge in [-0.2, -0.15) is 10.4 Å². The number of rotatable bonds is 7. The third-order valence-electron chi connectivity index (χ3n) is 5.22. The molecule has 0 saturated heterocycles. The van der Waals surface area contributed by atoms with Gasteiger partial charge in [0.15, 0.2) is 17.3 Å². The first-order chi connectivity index (χ1) is 16.9. The van der Waals surface area contributed by atoms with Crippen molar-refractivity contribution in [1.29, 1.82) is 5.26 Å². The lowest BCUT2D eigenvalue weighted by atomic mass is 10.1. The molecule has 0 aliphatic heterocycles. The number of hydrogen-bond acceptors (Lipinski definition) is 7. The molecule has 0 aliphatic carbocycles. The van der Waals surface area contributed by atoms with E-state index in [4.69, 9.17) is 14.2 Å². The van der Waals surface area contributed by atoms with E-state index >= 15 is 0 Å². The second kappa shape index (κ2) is 10.1. The quantitative estimate of drug-likeness (QED) is 0.349. The number of nitriles is 1. The summed E-state index contributed by atoms with van der Waals surface area (Å²) in [5, 5.41) is 13.7. The van der Waals surface area contributed by atoms with E-state index in [1.54, 1.807) is 13.8 Å². The smallest absolute Gasteiger partial charge is 0.340 e. The molecule has 0 unspecified atom stereocenters. The minimum Gasteiger partial charge on any atom is -0.462 e. The average Bonchev–Trinajstić information content (AvgIpc) is 3.21. The highest BCUT2D eigenvalue weighted by molar-refractivity contribution is 5.95. The minimum atomic E-state index is -0.826. The predicted octanol–water partition coefficient (Wildman–Crippen LogP) is 4.98. The van der Waals surface area contributed by atoms with Gasteiger partial charge in [-0.25, -0.2) is 18.5 Å². The lowest BCUT2D eigenvalue weighted by Crippen LogP contribution is -2.06. The molecule has 35 heavy (non-hydrogen) atoms. The van der Waals surface area contributed by atoms with Gasteiger partial charge in [0.1, 0.15) is 23.8 Å². The molecular formula is C26H20FN3O5. The Labute approximate surface area is 200 Å². The number of aromatic nitrogens is 2. The number of aryl methyl sites for hydroxylation is 1. The van der Waals surface area contributed by atoms with Crippen molar-refractivity contribution in [2.75, 3.05) is 6.61 Å². The molecule has 2 heterocycles. The molecule has 0 N–H and O–H groups in total. The van der Waals surface area contributed by atoms with Gasteiger partial charge in [0.2, 0.25) is 0 Å². The van der Waals surface area contributed by atoms with Crippen molar-refractivity contribution in [3.63, 3.8) is 0 Å². The van der Waals surface area contributed by atoms with E-state index in [-0.39, 0.29) is 41.4 Å². The van der Waals surface area contributed by atoms with Crippen molar-refractivity contribution in [1.82, 2.24) is 9.61 Å². The summed E-state index contributed by atoms with van der Waals surface area (Å²) in [5.41, 5.74) is 1.88. The first kappa shape index (κ1) is 23.4. The predicted molar refractivity (Wildman–Crippen MR) is 123 cm³/mol. The fourth-order valence-corrected chi connectivity index (χ4v) is 3.48. The van der Waals surface area contributed by atoms with Crippen molar-refractivity contribution in [3.8, 4) is 17.6 Å². The first-order valence-corrected chi connectivity index (χ1v) is 10.7. The van der Waals surface area contributed by atoms with Gasteiger partial charge in [-0.05, 0) is 43.2 Å². The van der Waals surface area contributed by atoms with Gasteiger partial charge < -0.3 is 14.2 Å². The van der Waals surface area contributed by atoms with E-state index in [2.05, 4.69) is 5.10 Å². The van der Waals surface area contributed by atoms with Crippen LogP contribution in [0, 0.1) is 24.1 Å². The maximum absolute atomic E-state index is 14.9. The van der Waals surface area contributed by atoms with E-state index in [9.17, 15) is 19.2 Å². The van der Waals surface area contributed by atoms with Crippen molar-refractivity contribution in [2.24, 2.45) is 0 Å². The van der Waals surface area contributed by atoms with Crippen LogP contribution in [-0.2, 0) is 16.1 Å². The Morgan fingerprint density at radius 1 is 1.11 bits per heavy atom. The SMILES string of the molecule is CCOC(=O)c1cn2ncc(C#N)c(Oc3ccc(C(=O)OCc4ccccc4)cc3F)c2c1C. The third kappa shape index (κ3) is 4.82. The summed E-state index contributed by atoms with van der Waals surface area (Å²) in [6.45, 7) is 3.58. The molecule has 2 aromatic carbocycles. The molecule has 4 aromatic rings. The molecule has 4 rings (SSSR count). The van der Waals surface area contributed by atoms with E-state index in [0.29, 0.717) is 11.1 Å². The Hall–Kier alpha value is -4.71. The monoisotopic (exact) mass is 473 g/mol. The Bertz CT molecular complexity index is 1460. The van der Waals surface area contributed by atoms with Crippen LogP contribution in [0.15, 0.2) is 60.9 Å². The van der Waals surface area contributed by atoms with Crippen LogP contribution in [0.1, 0.15) is 44.3 Å². The zero-order valence-corrected chi connectivity index (χ0v) is 18.9. The Morgan fingerprint density at radius 2 is 1.89 bits per heavy atom. The maximum Gasteiger partial charge on any atom is 0.340 e. The lowest BCUT2D eigenvalue weighted by Gasteiger charge is -2.12. The number of fused-ring (bicyclic) bond motifs is 1. The molecule has 0 aliphatic rings. The summed E-state index contributed by atoms with van der Waals surface area (Å²) in [6.07, 6.45) is 2.71. The Kier molecular flexibility index (Phi) is 6.73. The van der Waals surface area contributed by atoms with E-state index in [1.807, 2.05) is 36.4 Å². The number of carbonyl (C=O) groups excluding carboxylic acids is 2. The zero-order valence-electron chi connectivity index (χ0n) is 18.9. The molecule has 9 heteroatoms. The molecule has 0 spiro atoms. The number of hydrogen-bond donors (Lipinski definition) is 0. The highest BCUT2D eigenvalue weighted by Crippen LogP contribution is 2.34. The first-order valence-electron chi connectivity index (χ1n) is 10.7. The highest BCUT2D eigenvalue weighted by atomic mass is 19.1. The Balaban J connectivity index is 1.62. The summed E-state index contributed by atoms with van der Waals surface area (Å²) in [4.78, 5) is 24.6. The van der Waals surface area contributed by atoms with Gasteiger partial charge >= 0.3 is 11.9 Å². The van der Waals surface area contributed by atoms with E-state index in [0.717, 1.165) is 11.6 Å². The molecule has 176 valence electrons. The number of halogens is 1. The van der Waals surface area contributed by atoms with Crippen molar-refractivity contribution in [2.45, 2.75) is 20.5 Å². The van der Waals surface area contributed by atoms with Gasteiger partial charge in [-0.15, -0.1) is 0 Å². The molecule has 0 amide bonds. The molecule has 2 aromatic heterocycles. The van der Waals surface area contributed by atoms with Gasteiger partial charge in [-0.3, -0.25) is 0 Å². The molecule has 0 bridgehead atoms. The number of esters is 2. The zero-order chi connectivity index (χ0) is 24.9. The molecule has 0 saturated carbocycles. The van der Waals surface area contributed by atoms with Crippen LogP contribution in [-0.4, -0.2) is 28.2 Å². The van der Waals surface area contributed by atoms with Crippen LogP contribution < -0.4 is 4.74 Å². The lowest BCUT2D eigenvalue weighted by molar-refractivity contribution is 0.0470. The second-order valence-corrected chi connectivity index (χ2v) is 7.49. The molecular weight excluding hydrogens is 453 g/mol. The third-order valence-corrected chi connectivity index (χ3v) is 5.22. The van der Waals surface area contributed by atoms with Crippen molar-refractivity contribution >= 4 is 17.5 Å². The average molecular weight is 473 g/mol. The number of nitrogens with zero attached hydrogens (tertiary/aromatic N) is 3. The fraction of sp³-hybridized carbons (Fsp3) is 0.154. The van der Waals surface area contributed by atoms with Crippen LogP contribution >= 0.6 is 0 Å². The second-order valence-electron chi connectivity index (χ2n) is 7.49. The van der Waals surface area contributed by atoms with Crippen LogP contribution in [0.4, 0.5) is 4.39 Å². The number of ether oxygens (including phenoxy) is 3. The molecule has 8 nitrogen and oxygen atoms in total. The van der Waals surface area contributed by atoms with Crippen molar-refractivity contribution in [3.05, 3.63) is 94.6 Å². The molecule has 0 fully saturated rings. The fourth-order valence-electron chi connectivity index (χ4n) is 3.48. The summed E-state index contributed by atoms with van der Waals surface area (Å²) in [6, 6.07) is 14.7. The topological polar surface area (TPSA) is 103 Å². The number of carbonyl (C=O) groups is 2. The standard InChI is InChI=1S/C26H20FN3O5/c1-3-33-26(32)20-14-30-23(16(20)2)24(19(12-28)13-29-30)35-22-10-9-18(11-21(22)27)25(31)34-15-17-7-5-4-6-8-17/h4-11,13-14H,3,15H2,1-2H3. The van der Waals surface area contributed by atoms with E-state index < -0.39 is 17.8 Å². The number of benzene rings is 2. The minimum absolute atomic E-state index is 0.00891. The van der Waals surface area contributed by atoms with Crippen LogP contribution in [0.25, 0.3) is 5.52 Å². The summed E-state index contributed by atoms with van der Waals surface area (Å²) in [5.74, 6) is -2.26. The van der Waals surface area contributed by atoms with Crippen LogP contribution in [0.3, 0.4) is 0 Å². The highest BCUT2D eigenvalue weighted by Gasteiger charge is 2.22. The van der Waals surface area contributed by atoms with E-state index in [1.165, 1.54) is 29.0 Å². The van der Waals surface area contributed by atoms with Gasteiger partial charge in [0.05, 0.1) is 23.9 Å². The van der Waals surface area contributed by atoms with Gasteiger partial charge in [0, 0.05) is 6.20 Å². The van der Waals surface area contributed by atoms with Crippen LogP contribution in [0.5, 0.6) is 11.5 Å². The molecule has 0 atom stereocenters. The largest absolute Gasteiger partial charge is 0.462 e. The maximum atomic E-state index is 14.9. The Morgan fingerprint density at radius 3 is 2.57 bits per heavy atom. The summed E-state index contributed by atoms with van der Waals surface area (Å²) < 4.78 is 32.4. The van der Waals surface area contributed by atoms with Gasteiger partial charge in [-0.1, -0.05) is 30.3 Å². The van der Waals surface area contributed by atoms with Gasteiger partial charge in [0.25, 0.3) is 0 Å². The van der Waals surface area contributed by atoms with Crippen molar-refractivity contribution < 1.29 is 28.2 Å². The normalized spacial score (nSPS) is 10.6.